The molecule has 0 heterocycles. The number of nitrogens with zero attached hydrogens (tertiary/aromatic N) is 1. The van der Waals surface area contributed by atoms with Crippen molar-refractivity contribution in [2.75, 3.05) is 14.2 Å². The van der Waals surface area contributed by atoms with E-state index in [1.165, 1.54) is 11.8 Å². The molecule has 27 heavy (non-hydrogen) atoms. The topological polar surface area (TPSA) is 75.7 Å². The Bertz CT molecular complexity index is 962. The predicted octanol–water partition coefficient (Wildman–Crippen LogP) is 2.55. The Kier molecular flexibility index (Phi) is 5.07. The van der Waals surface area contributed by atoms with Crippen LogP contribution in [0.15, 0.2) is 59.9 Å². The SMILES string of the molecule is CNC1=C(N(Cc2ccccc2OC)C(C)=O)C(=O)c2ccccc2C1=O. The average Bonchev–Trinajstić information content (AvgIpc) is 2.69. The third-order valence-electron chi connectivity index (χ3n) is 4.52. The van der Waals surface area contributed by atoms with Crippen molar-refractivity contribution in [2.24, 2.45) is 0 Å². The number of ketones is 2. The number of allylic oxidation sites excluding steroid dienone is 2. The highest BCUT2D eigenvalue weighted by Crippen LogP contribution is 2.29. The molecule has 0 spiro atoms. The van der Waals surface area contributed by atoms with Crippen molar-refractivity contribution >= 4 is 17.5 Å². The van der Waals surface area contributed by atoms with Crippen molar-refractivity contribution < 1.29 is 19.1 Å². The van der Waals surface area contributed by atoms with Gasteiger partial charge in [0.25, 0.3) is 0 Å². The van der Waals surface area contributed by atoms with Crippen molar-refractivity contribution in [1.29, 1.82) is 0 Å². The smallest absolute Gasteiger partial charge is 0.224 e. The number of fused-ring (bicyclic) bond motifs is 1. The molecule has 0 saturated carbocycles. The van der Waals surface area contributed by atoms with Gasteiger partial charge < -0.3 is 15.0 Å². The lowest BCUT2D eigenvalue weighted by atomic mass is 9.89. The first-order valence-electron chi connectivity index (χ1n) is 8.50. The summed E-state index contributed by atoms with van der Waals surface area (Å²) in [7, 11) is 3.11. The number of ether oxygens (including phenoxy) is 1. The molecule has 1 aliphatic carbocycles. The Morgan fingerprint density at radius 1 is 1.00 bits per heavy atom. The number of likely N-dealkylation sites (N-methyl/N-ethyl adjacent to an activating group) is 1. The molecule has 1 N–H and O–H groups in total. The average molecular weight is 364 g/mol. The molecular weight excluding hydrogens is 344 g/mol. The molecule has 0 aliphatic heterocycles. The van der Waals surface area contributed by atoms with Gasteiger partial charge in [-0.05, 0) is 6.07 Å². The van der Waals surface area contributed by atoms with Crippen LogP contribution in [0, 0.1) is 0 Å². The zero-order valence-electron chi connectivity index (χ0n) is 15.4. The summed E-state index contributed by atoms with van der Waals surface area (Å²) < 4.78 is 5.35. The molecule has 0 fully saturated rings. The molecule has 1 aliphatic rings. The maximum absolute atomic E-state index is 13.1. The highest BCUT2D eigenvalue weighted by atomic mass is 16.5. The lowest BCUT2D eigenvalue weighted by molar-refractivity contribution is -0.127. The van der Waals surface area contributed by atoms with E-state index < -0.39 is 0 Å². The number of hydrogen-bond acceptors (Lipinski definition) is 5. The Hall–Kier alpha value is -3.41. The van der Waals surface area contributed by atoms with E-state index in [0.717, 1.165) is 5.56 Å². The summed E-state index contributed by atoms with van der Waals surface area (Å²) in [5.74, 6) is -0.414. The lowest BCUT2D eigenvalue weighted by Gasteiger charge is -2.29. The number of carbonyl (C=O) groups is 3. The molecule has 6 nitrogen and oxygen atoms in total. The van der Waals surface area contributed by atoms with Crippen molar-refractivity contribution in [3.63, 3.8) is 0 Å². The van der Waals surface area contributed by atoms with Crippen LogP contribution >= 0.6 is 0 Å². The number of para-hydroxylation sites is 1. The number of rotatable bonds is 5. The van der Waals surface area contributed by atoms with Gasteiger partial charge in [-0.15, -0.1) is 0 Å². The zero-order valence-corrected chi connectivity index (χ0v) is 15.4. The molecule has 6 heteroatoms. The van der Waals surface area contributed by atoms with Crippen molar-refractivity contribution in [3.8, 4) is 5.75 Å². The molecule has 0 radical (unpaired) electrons. The minimum atomic E-state index is -0.361. The minimum Gasteiger partial charge on any atom is -0.496 e. The van der Waals surface area contributed by atoms with Crippen LogP contribution in [0.25, 0.3) is 0 Å². The van der Waals surface area contributed by atoms with Crippen LogP contribution in [0.1, 0.15) is 33.2 Å². The van der Waals surface area contributed by atoms with Gasteiger partial charge in [0.2, 0.25) is 17.5 Å². The Labute approximate surface area is 157 Å². The molecule has 0 bridgehead atoms. The Balaban J connectivity index is 2.13. The number of Topliss-reactive ketones (excluding diaryl/α,β-unsaturated/α-hetero) is 2. The molecule has 138 valence electrons. The van der Waals surface area contributed by atoms with Crippen molar-refractivity contribution in [2.45, 2.75) is 13.5 Å². The third-order valence-corrected chi connectivity index (χ3v) is 4.52. The second-order valence-electron chi connectivity index (χ2n) is 6.09. The summed E-state index contributed by atoms with van der Waals surface area (Å²) in [5.41, 5.74) is 1.53. The molecule has 3 rings (SSSR count). The van der Waals surface area contributed by atoms with E-state index in [4.69, 9.17) is 4.74 Å². The highest BCUT2D eigenvalue weighted by molar-refractivity contribution is 6.27. The van der Waals surface area contributed by atoms with E-state index in [0.29, 0.717) is 16.9 Å². The van der Waals surface area contributed by atoms with Gasteiger partial charge in [-0.3, -0.25) is 14.4 Å². The molecule has 2 aromatic rings. The van der Waals surface area contributed by atoms with E-state index in [1.54, 1.807) is 44.5 Å². The Morgan fingerprint density at radius 3 is 2.19 bits per heavy atom. The van der Waals surface area contributed by atoms with Gasteiger partial charge in [0.1, 0.15) is 17.1 Å². The van der Waals surface area contributed by atoms with Crippen LogP contribution in [0.5, 0.6) is 5.75 Å². The first kappa shape index (κ1) is 18.4. The fraction of sp³-hybridized carbons (Fsp3) is 0.190. The molecular formula is C21H20N2O4. The lowest BCUT2D eigenvalue weighted by Crippen LogP contribution is -2.39. The second kappa shape index (κ2) is 7.45. The second-order valence-corrected chi connectivity index (χ2v) is 6.09. The molecule has 0 aromatic heterocycles. The van der Waals surface area contributed by atoms with Crippen LogP contribution < -0.4 is 10.1 Å². The quantitative estimate of drug-likeness (QED) is 0.882. The maximum atomic E-state index is 13.1. The minimum absolute atomic E-state index is 0.0552. The summed E-state index contributed by atoms with van der Waals surface area (Å²) in [5, 5.41) is 2.81. The summed E-state index contributed by atoms with van der Waals surface area (Å²) in [6.07, 6.45) is 0. The molecule has 0 saturated heterocycles. The fourth-order valence-corrected chi connectivity index (χ4v) is 3.20. The molecule has 0 unspecified atom stereocenters. The summed E-state index contributed by atoms with van der Waals surface area (Å²) in [4.78, 5) is 39.8. The van der Waals surface area contributed by atoms with Gasteiger partial charge in [-0.1, -0.05) is 42.5 Å². The van der Waals surface area contributed by atoms with Gasteiger partial charge in [0.15, 0.2) is 0 Å². The summed E-state index contributed by atoms with van der Waals surface area (Å²) >= 11 is 0. The van der Waals surface area contributed by atoms with Crippen LogP contribution in [0.4, 0.5) is 0 Å². The van der Waals surface area contributed by atoms with E-state index in [1.807, 2.05) is 18.2 Å². The number of amides is 1. The van der Waals surface area contributed by atoms with E-state index in [-0.39, 0.29) is 35.4 Å². The van der Waals surface area contributed by atoms with E-state index in [2.05, 4.69) is 5.32 Å². The Morgan fingerprint density at radius 2 is 1.59 bits per heavy atom. The highest BCUT2D eigenvalue weighted by Gasteiger charge is 2.36. The van der Waals surface area contributed by atoms with Gasteiger partial charge in [0, 0.05) is 30.7 Å². The zero-order chi connectivity index (χ0) is 19.6. The normalized spacial score (nSPS) is 13.3. The number of hydrogen-bond donors (Lipinski definition) is 1. The first-order valence-corrected chi connectivity index (χ1v) is 8.50. The van der Waals surface area contributed by atoms with Gasteiger partial charge in [-0.25, -0.2) is 0 Å². The number of nitrogens with one attached hydrogen (secondary N) is 1. The van der Waals surface area contributed by atoms with Crippen molar-refractivity contribution in [1.82, 2.24) is 10.2 Å². The molecule has 1 amide bonds. The van der Waals surface area contributed by atoms with Crippen molar-refractivity contribution in [3.05, 3.63) is 76.6 Å². The van der Waals surface area contributed by atoms with Crippen LogP contribution in [-0.2, 0) is 11.3 Å². The van der Waals surface area contributed by atoms with Crippen LogP contribution in [0.3, 0.4) is 0 Å². The first-order chi connectivity index (χ1) is 13.0. The summed E-state index contributed by atoms with van der Waals surface area (Å²) in [6, 6.07) is 13.9. The van der Waals surface area contributed by atoms with Gasteiger partial charge >= 0.3 is 0 Å². The molecule has 2 aromatic carbocycles. The van der Waals surface area contributed by atoms with E-state index in [9.17, 15) is 14.4 Å². The maximum Gasteiger partial charge on any atom is 0.224 e. The molecule has 0 atom stereocenters. The standard InChI is InChI=1S/C21H20N2O4/c1-13(24)23(12-14-8-4-7-11-17(14)27-3)19-18(22-2)20(25)15-9-5-6-10-16(15)21(19)26/h4-11,22H,12H2,1-3H3. The monoisotopic (exact) mass is 364 g/mol. The van der Waals surface area contributed by atoms with E-state index >= 15 is 0 Å². The largest absolute Gasteiger partial charge is 0.496 e. The summed E-state index contributed by atoms with van der Waals surface area (Å²) in [6.45, 7) is 1.48. The van der Waals surface area contributed by atoms with Gasteiger partial charge in [-0.2, -0.15) is 0 Å². The third kappa shape index (κ3) is 3.21. The number of benzene rings is 2. The van der Waals surface area contributed by atoms with Crippen LogP contribution in [0.2, 0.25) is 0 Å². The fourth-order valence-electron chi connectivity index (χ4n) is 3.20. The van der Waals surface area contributed by atoms with Gasteiger partial charge in [0.05, 0.1) is 13.7 Å². The predicted molar refractivity (Wildman–Crippen MR) is 100 cm³/mol. The van der Waals surface area contributed by atoms with Crippen LogP contribution in [-0.4, -0.2) is 36.5 Å². The number of carbonyl (C=O) groups excluding carboxylic acids is 3. The number of methoxy groups -OCH3 is 1.